The number of nitrogens with zero attached hydrogens (tertiary/aromatic N) is 2. The third kappa shape index (κ3) is 3.47. The Morgan fingerprint density at radius 1 is 1.29 bits per heavy atom. The lowest BCUT2D eigenvalue weighted by Crippen LogP contribution is -2.22. The van der Waals surface area contributed by atoms with Crippen LogP contribution < -0.4 is 10.3 Å². The van der Waals surface area contributed by atoms with E-state index in [9.17, 15) is 9.59 Å². The lowest BCUT2D eigenvalue weighted by atomic mass is 10.0. The van der Waals surface area contributed by atoms with Crippen LogP contribution in [-0.4, -0.2) is 28.0 Å². The summed E-state index contributed by atoms with van der Waals surface area (Å²) >= 11 is 0. The number of carboxylic acid groups (broad SMARTS) is 1. The van der Waals surface area contributed by atoms with E-state index in [1.807, 2.05) is 0 Å². The normalized spacial score (nSPS) is 11.9. The molecule has 1 unspecified atom stereocenters. The van der Waals surface area contributed by atoms with Crippen LogP contribution in [0.5, 0.6) is 5.88 Å². The molecule has 0 saturated heterocycles. The molecule has 0 aliphatic carbocycles. The molecule has 2 rings (SSSR count). The summed E-state index contributed by atoms with van der Waals surface area (Å²) in [5.41, 5.74) is 1.36. The lowest BCUT2D eigenvalue weighted by Gasteiger charge is -2.09. The first-order chi connectivity index (χ1) is 10.0. The summed E-state index contributed by atoms with van der Waals surface area (Å²) in [6.07, 6.45) is 0. The molecule has 0 aliphatic heterocycles. The highest BCUT2D eigenvalue weighted by molar-refractivity contribution is 5.75. The predicted octanol–water partition coefficient (Wildman–Crippen LogP) is 1.49. The summed E-state index contributed by atoms with van der Waals surface area (Å²) in [5, 5.41) is 13.0. The van der Waals surface area contributed by atoms with Gasteiger partial charge in [-0.1, -0.05) is 24.3 Å². The van der Waals surface area contributed by atoms with Crippen LogP contribution in [0.4, 0.5) is 0 Å². The number of methoxy groups -OCH3 is 1. The minimum atomic E-state index is -0.867. The molecule has 0 fully saturated rings. The lowest BCUT2D eigenvalue weighted by molar-refractivity contribution is -0.138. The second-order valence-electron chi connectivity index (χ2n) is 4.67. The van der Waals surface area contributed by atoms with Gasteiger partial charge in [0.2, 0.25) is 5.88 Å². The van der Waals surface area contributed by atoms with Gasteiger partial charge in [-0.25, -0.2) is 4.68 Å². The quantitative estimate of drug-likeness (QED) is 0.901. The molecule has 0 radical (unpaired) electrons. The zero-order chi connectivity index (χ0) is 15.4. The maximum absolute atomic E-state index is 11.7. The Balaban J connectivity index is 2.21. The highest BCUT2D eigenvalue weighted by Gasteiger charge is 2.13. The molecule has 1 atom stereocenters. The average Bonchev–Trinajstić information content (AvgIpc) is 2.49. The number of hydrogen-bond donors (Lipinski definition) is 1. The van der Waals surface area contributed by atoms with Crippen LogP contribution in [0.1, 0.15) is 24.0 Å². The van der Waals surface area contributed by atoms with E-state index in [2.05, 4.69) is 5.10 Å². The third-order valence-electron chi connectivity index (χ3n) is 3.23. The molecule has 0 spiro atoms. The van der Waals surface area contributed by atoms with Gasteiger partial charge in [0.15, 0.2) is 0 Å². The Bertz CT molecular complexity index is 692. The number of aromatic nitrogens is 2. The van der Waals surface area contributed by atoms with E-state index in [0.717, 1.165) is 11.1 Å². The van der Waals surface area contributed by atoms with E-state index in [4.69, 9.17) is 9.84 Å². The van der Waals surface area contributed by atoms with Crippen molar-refractivity contribution in [3.63, 3.8) is 0 Å². The molecule has 1 aromatic carbocycles. The largest absolute Gasteiger partial charge is 0.481 e. The Morgan fingerprint density at radius 2 is 1.95 bits per heavy atom. The molecule has 6 nitrogen and oxygen atoms in total. The van der Waals surface area contributed by atoms with Gasteiger partial charge in [-0.15, -0.1) is 5.10 Å². The van der Waals surface area contributed by atoms with E-state index < -0.39 is 11.9 Å². The summed E-state index contributed by atoms with van der Waals surface area (Å²) in [5.74, 6) is -1.06. The number of benzene rings is 1. The fourth-order valence-electron chi connectivity index (χ4n) is 1.88. The van der Waals surface area contributed by atoms with Crippen molar-refractivity contribution in [1.29, 1.82) is 0 Å². The number of hydrogen-bond acceptors (Lipinski definition) is 4. The SMILES string of the molecule is COc1ccc(=O)n(Cc2ccc(C(C)C(=O)O)cc2)n1. The van der Waals surface area contributed by atoms with Crippen LogP contribution >= 0.6 is 0 Å². The molecular weight excluding hydrogens is 272 g/mol. The van der Waals surface area contributed by atoms with Crippen LogP contribution in [0.2, 0.25) is 0 Å². The number of carbonyl (C=O) groups is 1. The summed E-state index contributed by atoms with van der Waals surface area (Å²) in [6, 6.07) is 9.99. The molecular formula is C15H16N2O4. The standard InChI is InChI=1S/C15H16N2O4/c1-10(15(19)20)12-5-3-11(4-6-12)9-17-14(18)8-7-13(16-17)21-2/h3-8,10H,9H2,1-2H3,(H,19,20). The smallest absolute Gasteiger partial charge is 0.310 e. The van der Waals surface area contributed by atoms with E-state index in [1.165, 1.54) is 23.9 Å². The second-order valence-corrected chi connectivity index (χ2v) is 4.67. The van der Waals surface area contributed by atoms with Gasteiger partial charge in [0.25, 0.3) is 5.56 Å². The van der Waals surface area contributed by atoms with Crippen LogP contribution in [-0.2, 0) is 11.3 Å². The number of rotatable bonds is 5. The van der Waals surface area contributed by atoms with Crippen molar-refractivity contribution in [1.82, 2.24) is 9.78 Å². The van der Waals surface area contributed by atoms with Gasteiger partial charge in [-0.05, 0) is 18.1 Å². The zero-order valence-electron chi connectivity index (χ0n) is 11.8. The van der Waals surface area contributed by atoms with Crippen molar-refractivity contribution in [2.75, 3.05) is 7.11 Å². The fraction of sp³-hybridized carbons (Fsp3) is 0.267. The van der Waals surface area contributed by atoms with Gasteiger partial charge in [0, 0.05) is 12.1 Å². The molecule has 1 N–H and O–H groups in total. The molecule has 21 heavy (non-hydrogen) atoms. The maximum Gasteiger partial charge on any atom is 0.310 e. The minimum absolute atomic E-state index is 0.223. The van der Waals surface area contributed by atoms with Crippen LogP contribution in [0, 0.1) is 0 Å². The molecule has 1 heterocycles. The predicted molar refractivity (Wildman–Crippen MR) is 76.6 cm³/mol. The Labute approximate surface area is 121 Å². The fourth-order valence-corrected chi connectivity index (χ4v) is 1.88. The van der Waals surface area contributed by atoms with E-state index in [-0.39, 0.29) is 5.56 Å². The van der Waals surface area contributed by atoms with Gasteiger partial charge in [0.05, 0.1) is 19.6 Å². The molecule has 2 aromatic rings. The highest BCUT2D eigenvalue weighted by atomic mass is 16.5. The van der Waals surface area contributed by atoms with Crippen LogP contribution in [0.25, 0.3) is 0 Å². The summed E-state index contributed by atoms with van der Waals surface area (Å²) < 4.78 is 6.29. The molecule has 6 heteroatoms. The van der Waals surface area contributed by atoms with Gasteiger partial charge in [0.1, 0.15) is 0 Å². The van der Waals surface area contributed by atoms with Gasteiger partial charge >= 0.3 is 5.97 Å². The topological polar surface area (TPSA) is 81.4 Å². The van der Waals surface area contributed by atoms with Crippen molar-refractivity contribution in [3.05, 3.63) is 57.9 Å². The van der Waals surface area contributed by atoms with Gasteiger partial charge in [-0.2, -0.15) is 0 Å². The zero-order valence-corrected chi connectivity index (χ0v) is 11.8. The third-order valence-corrected chi connectivity index (χ3v) is 3.23. The summed E-state index contributed by atoms with van der Waals surface area (Å²) in [6.45, 7) is 1.93. The van der Waals surface area contributed by atoms with Crippen LogP contribution in [0.15, 0.2) is 41.2 Å². The van der Waals surface area contributed by atoms with E-state index in [0.29, 0.717) is 12.4 Å². The average molecular weight is 288 g/mol. The number of ether oxygens (including phenoxy) is 1. The molecule has 0 amide bonds. The first-order valence-electron chi connectivity index (χ1n) is 6.45. The van der Waals surface area contributed by atoms with E-state index in [1.54, 1.807) is 31.2 Å². The summed E-state index contributed by atoms with van der Waals surface area (Å²) in [7, 11) is 1.49. The van der Waals surface area contributed by atoms with Crippen molar-refractivity contribution in [3.8, 4) is 5.88 Å². The van der Waals surface area contributed by atoms with Crippen LogP contribution in [0.3, 0.4) is 0 Å². The Morgan fingerprint density at radius 3 is 2.52 bits per heavy atom. The maximum atomic E-state index is 11.7. The van der Waals surface area contributed by atoms with Crippen molar-refractivity contribution in [2.45, 2.75) is 19.4 Å². The number of aliphatic carboxylic acids is 1. The summed E-state index contributed by atoms with van der Waals surface area (Å²) in [4.78, 5) is 22.6. The molecule has 0 saturated carbocycles. The highest BCUT2D eigenvalue weighted by Crippen LogP contribution is 2.16. The van der Waals surface area contributed by atoms with Gasteiger partial charge in [-0.3, -0.25) is 9.59 Å². The molecule has 0 aliphatic rings. The minimum Gasteiger partial charge on any atom is -0.481 e. The van der Waals surface area contributed by atoms with Crippen molar-refractivity contribution >= 4 is 5.97 Å². The monoisotopic (exact) mass is 288 g/mol. The van der Waals surface area contributed by atoms with Crippen molar-refractivity contribution in [2.24, 2.45) is 0 Å². The first kappa shape index (κ1) is 14.8. The second kappa shape index (κ2) is 6.21. The van der Waals surface area contributed by atoms with E-state index >= 15 is 0 Å². The molecule has 0 bridgehead atoms. The van der Waals surface area contributed by atoms with Gasteiger partial charge < -0.3 is 9.84 Å². The van der Waals surface area contributed by atoms with Crippen molar-refractivity contribution < 1.29 is 14.6 Å². The Kier molecular flexibility index (Phi) is 4.37. The Hall–Kier alpha value is -2.63. The number of carboxylic acids is 1. The molecule has 1 aromatic heterocycles. The first-order valence-corrected chi connectivity index (χ1v) is 6.45. The molecule has 110 valence electrons.